The molecule has 1 aromatic heterocycles. The highest BCUT2D eigenvalue weighted by Crippen LogP contribution is 2.18. The molecule has 1 N–H and O–H groups in total. The van der Waals surface area contributed by atoms with Gasteiger partial charge in [-0.15, -0.1) is 0 Å². The molecule has 0 radical (unpaired) electrons. The molecule has 1 heterocycles. The molecule has 0 bridgehead atoms. The highest BCUT2D eigenvalue weighted by Gasteiger charge is 2.09. The van der Waals surface area contributed by atoms with Crippen LogP contribution in [0.4, 0.5) is 0 Å². The quantitative estimate of drug-likeness (QED) is 0.838. The van der Waals surface area contributed by atoms with Crippen molar-refractivity contribution >= 4 is 22.8 Å². The second kappa shape index (κ2) is 5.22. The lowest BCUT2D eigenvalue weighted by Gasteiger charge is -2.05. The first kappa shape index (κ1) is 13.3. The number of carboxylic acid groups (broad SMARTS) is 1. The molecule has 5 nitrogen and oxygen atoms in total. The molecule has 0 aliphatic rings. The molecular weight excluding hydrogens is 244 g/mol. The molecule has 0 fully saturated rings. The molecule has 0 aliphatic carbocycles. The number of nitrogens with zero attached hydrogens (tertiary/aromatic N) is 2. The van der Waals surface area contributed by atoms with Gasteiger partial charge in [0.15, 0.2) is 5.78 Å². The minimum Gasteiger partial charge on any atom is -0.481 e. The van der Waals surface area contributed by atoms with Gasteiger partial charge in [-0.25, -0.2) is 4.98 Å². The minimum atomic E-state index is -0.791. The van der Waals surface area contributed by atoms with Gasteiger partial charge in [0.25, 0.3) is 0 Å². The summed E-state index contributed by atoms with van der Waals surface area (Å²) < 4.78 is 1.99. The number of rotatable bonds is 5. The van der Waals surface area contributed by atoms with E-state index < -0.39 is 5.97 Å². The molecule has 0 unspecified atom stereocenters. The number of aromatic nitrogens is 2. The van der Waals surface area contributed by atoms with Crippen LogP contribution in [0.25, 0.3) is 11.0 Å². The number of ketones is 1. The molecule has 0 saturated heterocycles. The monoisotopic (exact) mass is 260 g/mol. The summed E-state index contributed by atoms with van der Waals surface area (Å²) in [5, 5.41) is 8.66. The summed E-state index contributed by atoms with van der Waals surface area (Å²) in [5.74, 6) is 0.0574. The fourth-order valence-electron chi connectivity index (χ4n) is 2.14. The fraction of sp³-hybridized carbons (Fsp3) is 0.357. The molecule has 0 amide bonds. The summed E-state index contributed by atoms with van der Waals surface area (Å²) in [5.41, 5.74) is 2.36. The largest absolute Gasteiger partial charge is 0.481 e. The Balaban J connectivity index is 2.31. The Kier molecular flexibility index (Phi) is 3.64. The van der Waals surface area contributed by atoms with Crippen LogP contribution >= 0.6 is 0 Å². The molecular formula is C14H16N2O3. The van der Waals surface area contributed by atoms with Crippen molar-refractivity contribution in [2.75, 3.05) is 0 Å². The maximum Gasteiger partial charge on any atom is 0.303 e. The summed E-state index contributed by atoms with van der Waals surface area (Å²) in [4.78, 5) is 26.3. The van der Waals surface area contributed by atoms with Gasteiger partial charge in [-0.2, -0.15) is 0 Å². The maximum atomic E-state index is 11.3. The normalized spacial score (nSPS) is 10.8. The van der Waals surface area contributed by atoms with Gasteiger partial charge in [0.1, 0.15) is 5.82 Å². The van der Waals surface area contributed by atoms with Crippen molar-refractivity contribution in [1.29, 1.82) is 0 Å². The van der Waals surface area contributed by atoms with Crippen LogP contribution in [0, 0.1) is 6.92 Å². The van der Waals surface area contributed by atoms with Crippen molar-refractivity contribution in [2.24, 2.45) is 0 Å². The predicted molar refractivity (Wildman–Crippen MR) is 71.3 cm³/mol. The van der Waals surface area contributed by atoms with Gasteiger partial charge in [-0.05, 0) is 38.5 Å². The Hall–Kier alpha value is -2.17. The van der Waals surface area contributed by atoms with E-state index >= 15 is 0 Å². The molecule has 0 atom stereocenters. The van der Waals surface area contributed by atoms with Crippen molar-refractivity contribution in [3.05, 3.63) is 29.6 Å². The second-order valence-electron chi connectivity index (χ2n) is 4.57. The molecule has 2 aromatic rings. The molecule has 5 heteroatoms. The number of carboxylic acids is 1. The predicted octanol–water partition coefficient (Wildman–Crippen LogP) is 2.41. The zero-order valence-corrected chi connectivity index (χ0v) is 11.0. The van der Waals surface area contributed by atoms with Gasteiger partial charge in [0.05, 0.1) is 11.0 Å². The first-order valence-corrected chi connectivity index (χ1v) is 6.18. The lowest BCUT2D eigenvalue weighted by atomic mass is 10.1. The first-order valence-electron chi connectivity index (χ1n) is 6.18. The topological polar surface area (TPSA) is 72.2 Å². The van der Waals surface area contributed by atoms with Crippen molar-refractivity contribution < 1.29 is 14.7 Å². The smallest absolute Gasteiger partial charge is 0.303 e. The van der Waals surface area contributed by atoms with E-state index in [1.165, 1.54) is 6.92 Å². The number of fused-ring (bicyclic) bond motifs is 1. The molecule has 1 aromatic carbocycles. The van der Waals surface area contributed by atoms with Crippen LogP contribution in [0.3, 0.4) is 0 Å². The second-order valence-corrected chi connectivity index (χ2v) is 4.57. The third kappa shape index (κ3) is 2.81. The number of carbonyl (C=O) groups excluding carboxylic acids is 1. The number of benzene rings is 1. The Morgan fingerprint density at radius 1 is 1.37 bits per heavy atom. The third-order valence-corrected chi connectivity index (χ3v) is 3.12. The number of aryl methyl sites for hydroxylation is 2. The summed E-state index contributed by atoms with van der Waals surface area (Å²) in [6.07, 6.45) is 0.709. The van der Waals surface area contributed by atoms with E-state index in [1.54, 1.807) is 12.1 Å². The van der Waals surface area contributed by atoms with Crippen LogP contribution < -0.4 is 0 Å². The van der Waals surface area contributed by atoms with Crippen LogP contribution in [-0.2, 0) is 11.3 Å². The van der Waals surface area contributed by atoms with Gasteiger partial charge in [-0.3, -0.25) is 9.59 Å². The maximum absolute atomic E-state index is 11.3. The van der Waals surface area contributed by atoms with Crippen LogP contribution in [0.15, 0.2) is 18.2 Å². The van der Waals surface area contributed by atoms with E-state index in [0.29, 0.717) is 18.5 Å². The Morgan fingerprint density at radius 3 is 2.74 bits per heavy atom. The number of imidazole rings is 1. The van der Waals surface area contributed by atoms with Gasteiger partial charge in [0.2, 0.25) is 0 Å². The van der Waals surface area contributed by atoms with E-state index in [1.807, 2.05) is 17.6 Å². The van der Waals surface area contributed by atoms with Crippen molar-refractivity contribution in [3.8, 4) is 0 Å². The first-order chi connectivity index (χ1) is 8.99. The van der Waals surface area contributed by atoms with E-state index in [-0.39, 0.29) is 12.2 Å². The van der Waals surface area contributed by atoms with Crippen LogP contribution in [0.5, 0.6) is 0 Å². The average Bonchev–Trinajstić information content (AvgIpc) is 2.64. The summed E-state index contributed by atoms with van der Waals surface area (Å²) in [6, 6.07) is 5.42. The lowest BCUT2D eigenvalue weighted by Crippen LogP contribution is -2.03. The van der Waals surface area contributed by atoms with Crippen LogP contribution in [0.2, 0.25) is 0 Å². The third-order valence-electron chi connectivity index (χ3n) is 3.12. The highest BCUT2D eigenvalue weighted by atomic mass is 16.4. The molecule has 19 heavy (non-hydrogen) atoms. The Morgan fingerprint density at radius 2 is 2.11 bits per heavy atom. The van der Waals surface area contributed by atoms with Crippen molar-refractivity contribution in [2.45, 2.75) is 33.2 Å². The molecule has 0 spiro atoms. The van der Waals surface area contributed by atoms with Crippen molar-refractivity contribution in [1.82, 2.24) is 9.55 Å². The van der Waals surface area contributed by atoms with E-state index in [0.717, 1.165) is 16.9 Å². The molecule has 100 valence electrons. The van der Waals surface area contributed by atoms with Gasteiger partial charge in [0, 0.05) is 18.5 Å². The number of aliphatic carboxylic acids is 1. The molecule has 0 saturated carbocycles. The summed E-state index contributed by atoms with van der Waals surface area (Å²) >= 11 is 0. The SMILES string of the molecule is CC(=O)c1ccc2c(c1)nc(C)n2CCCC(=O)O. The van der Waals surface area contributed by atoms with Gasteiger partial charge < -0.3 is 9.67 Å². The highest BCUT2D eigenvalue weighted by molar-refractivity contribution is 5.97. The van der Waals surface area contributed by atoms with E-state index in [2.05, 4.69) is 4.98 Å². The van der Waals surface area contributed by atoms with Crippen LogP contribution in [-0.4, -0.2) is 26.4 Å². The Labute approximate surface area is 110 Å². The fourth-order valence-corrected chi connectivity index (χ4v) is 2.14. The zero-order chi connectivity index (χ0) is 14.0. The van der Waals surface area contributed by atoms with Gasteiger partial charge in [-0.1, -0.05) is 0 Å². The Bertz CT molecular complexity index is 643. The summed E-state index contributed by atoms with van der Waals surface area (Å²) in [7, 11) is 0. The number of carbonyl (C=O) groups is 2. The number of Topliss-reactive ketones (excluding diaryl/α,β-unsaturated/α-hetero) is 1. The van der Waals surface area contributed by atoms with E-state index in [4.69, 9.17) is 5.11 Å². The lowest BCUT2D eigenvalue weighted by molar-refractivity contribution is -0.137. The number of hydrogen-bond donors (Lipinski definition) is 1. The van der Waals surface area contributed by atoms with E-state index in [9.17, 15) is 9.59 Å². The minimum absolute atomic E-state index is 0.0139. The van der Waals surface area contributed by atoms with Gasteiger partial charge >= 0.3 is 5.97 Å². The van der Waals surface area contributed by atoms with Crippen molar-refractivity contribution in [3.63, 3.8) is 0 Å². The van der Waals surface area contributed by atoms with Crippen LogP contribution in [0.1, 0.15) is 35.9 Å². The molecule has 0 aliphatic heterocycles. The average molecular weight is 260 g/mol. The zero-order valence-electron chi connectivity index (χ0n) is 11.0. The standard InChI is InChI=1S/C14H16N2O3/c1-9(17)11-5-6-13-12(8-11)15-10(2)16(13)7-3-4-14(18)19/h5-6,8H,3-4,7H2,1-2H3,(H,18,19). The molecule has 2 rings (SSSR count). The number of hydrogen-bond acceptors (Lipinski definition) is 3. The summed E-state index contributed by atoms with van der Waals surface area (Å²) in [6.45, 7) is 4.03.